The Bertz CT molecular complexity index is 1710. The minimum Gasteiger partial charge on any atom is -0.466 e. The Morgan fingerprint density at radius 3 is 1.39 bits per heavy atom. The zero-order valence-electron chi connectivity index (χ0n) is 37.5. The van der Waals surface area contributed by atoms with Crippen molar-refractivity contribution >= 4 is 43.4 Å². The van der Waals surface area contributed by atoms with Gasteiger partial charge in [0.15, 0.2) is 0 Å². The molecule has 0 amide bonds. The van der Waals surface area contributed by atoms with Crippen LogP contribution in [0.4, 0.5) is 0 Å². The fourth-order valence-electron chi connectivity index (χ4n) is 8.67. The molecule has 4 aromatic rings. The maximum atomic E-state index is 12.5. The fraction of sp³-hybridized carbons (Fsp3) is 0.481. The van der Waals surface area contributed by atoms with Crippen molar-refractivity contribution in [2.24, 2.45) is 0 Å². The van der Waals surface area contributed by atoms with Gasteiger partial charge in [0.2, 0.25) is 0 Å². The Hall–Kier alpha value is -3.60. The van der Waals surface area contributed by atoms with Crippen molar-refractivity contribution < 1.29 is 23.5 Å². The van der Waals surface area contributed by atoms with Crippen molar-refractivity contribution in [3.8, 4) is 0 Å². The summed E-state index contributed by atoms with van der Waals surface area (Å²) in [6.07, 6.45) is 12.7. The second-order valence-corrected chi connectivity index (χ2v) is 26.6. The van der Waals surface area contributed by atoms with Crippen LogP contribution in [0.3, 0.4) is 0 Å². The molecule has 0 saturated carbocycles. The van der Waals surface area contributed by atoms with Gasteiger partial charge in [0.05, 0.1) is 24.9 Å². The zero-order valence-corrected chi connectivity index (χ0v) is 39.5. The number of benzene rings is 4. The van der Waals surface area contributed by atoms with E-state index in [1.807, 2.05) is 13.0 Å². The molecule has 0 bridgehead atoms. The van der Waals surface area contributed by atoms with Gasteiger partial charge >= 0.3 is 5.97 Å². The van der Waals surface area contributed by atoms with Crippen molar-refractivity contribution in [3.05, 3.63) is 133 Å². The number of unbranched alkanes of at least 4 members (excludes halogenated alkanes) is 6. The molecular formula is C52H74O5Si2. The van der Waals surface area contributed by atoms with Gasteiger partial charge in [0, 0.05) is 6.42 Å². The monoisotopic (exact) mass is 835 g/mol. The molecule has 0 fully saturated rings. The van der Waals surface area contributed by atoms with Gasteiger partial charge in [-0.3, -0.25) is 4.79 Å². The van der Waals surface area contributed by atoms with Crippen LogP contribution in [0.15, 0.2) is 133 Å². The molecule has 0 spiro atoms. The molecule has 0 saturated heterocycles. The van der Waals surface area contributed by atoms with Crippen molar-refractivity contribution in [2.45, 2.75) is 154 Å². The van der Waals surface area contributed by atoms with Crippen LogP contribution in [-0.2, 0) is 18.4 Å². The summed E-state index contributed by atoms with van der Waals surface area (Å²) in [6.45, 7) is 18.3. The third-order valence-corrected chi connectivity index (χ3v) is 21.8. The van der Waals surface area contributed by atoms with E-state index >= 15 is 0 Å². The quantitative estimate of drug-likeness (QED) is 0.0330. The number of carbonyl (C=O) groups excluding carboxylic acids is 1. The summed E-state index contributed by atoms with van der Waals surface area (Å²) in [5.41, 5.74) is 0. The highest BCUT2D eigenvalue weighted by Gasteiger charge is 2.53. The molecule has 0 heterocycles. The van der Waals surface area contributed by atoms with Crippen LogP contribution in [0, 0.1) is 0 Å². The summed E-state index contributed by atoms with van der Waals surface area (Å²) in [5, 5.41) is 16.9. The SMILES string of the molecule is CCCCCCCC[C@H](O[Si](c1ccccc1)(c1ccccc1)C(C)(C)C)[C@H](O)/C=C/[C@H](CCCCC(=O)OCC)O[Si](c1ccccc1)(c1ccccc1)C(C)(C)C. The van der Waals surface area contributed by atoms with Crippen LogP contribution in [-0.4, -0.2) is 52.6 Å². The fourth-order valence-corrected chi connectivity index (χ4v) is 18.1. The van der Waals surface area contributed by atoms with Crippen molar-refractivity contribution in [3.63, 3.8) is 0 Å². The smallest absolute Gasteiger partial charge is 0.305 e. The lowest BCUT2D eigenvalue weighted by molar-refractivity contribution is -0.143. The summed E-state index contributed by atoms with van der Waals surface area (Å²) in [5.74, 6) is -0.166. The number of hydrogen-bond donors (Lipinski definition) is 1. The van der Waals surface area contributed by atoms with Gasteiger partial charge in [0.25, 0.3) is 16.6 Å². The van der Waals surface area contributed by atoms with Crippen LogP contribution in [0.2, 0.25) is 10.1 Å². The first-order valence-electron chi connectivity index (χ1n) is 22.4. The summed E-state index contributed by atoms with van der Waals surface area (Å²) in [6, 6.07) is 42.9. The summed E-state index contributed by atoms with van der Waals surface area (Å²) >= 11 is 0. The number of hydrogen-bond acceptors (Lipinski definition) is 5. The summed E-state index contributed by atoms with van der Waals surface area (Å²) in [4.78, 5) is 12.4. The first-order chi connectivity index (χ1) is 28.3. The zero-order chi connectivity index (χ0) is 42.8. The Balaban J connectivity index is 1.80. The van der Waals surface area contributed by atoms with Crippen molar-refractivity contribution in [1.82, 2.24) is 0 Å². The molecule has 59 heavy (non-hydrogen) atoms. The van der Waals surface area contributed by atoms with Gasteiger partial charge < -0.3 is 18.7 Å². The highest BCUT2D eigenvalue weighted by atomic mass is 28.4. The maximum Gasteiger partial charge on any atom is 0.305 e. The number of ether oxygens (including phenoxy) is 1. The van der Waals surface area contributed by atoms with E-state index in [1.54, 1.807) is 0 Å². The van der Waals surface area contributed by atoms with Gasteiger partial charge in [-0.25, -0.2) is 0 Å². The number of esters is 1. The predicted octanol–water partition coefficient (Wildman–Crippen LogP) is 10.7. The first kappa shape index (κ1) is 48.1. The van der Waals surface area contributed by atoms with E-state index in [0.29, 0.717) is 25.9 Å². The van der Waals surface area contributed by atoms with E-state index in [2.05, 4.69) is 176 Å². The van der Waals surface area contributed by atoms with E-state index in [9.17, 15) is 9.90 Å². The van der Waals surface area contributed by atoms with Gasteiger partial charge in [0.1, 0.15) is 0 Å². The lowest BCUT2D eigenvalue weighted by Gasteiger charge is -2.46. The molecule has 0 radical (unpaired) electrons. The van der Waals surface area contributed by atoms with Crippen LogP contribution < -0.4 is 20.7 Å². The molecule has 3 atom stereocenters. The minimum absolute atomic E-state index is 0.166. The predicted molar refractivity (Wildman–Crippen MR) is 253 cm³/mol. The lowest BCUT2D eigenvalue weighted by atomic mass is 10.0. The Morgan fingerprint density at radius 2 is 0.966 bits per heavy atom. The Labute approximate surface area is 359 Å². The molecule has 4 aromatic carbocycles. The number of aliphatic hydroxyl groups excluding tert-OH is 1. The lowest BCUT2D eigenvalue weighted by Crippen LogP contribution is -2.68. The molecule has 7 heteroatoms. The van der Waals surface area contributed by atoms with Crippen LogP contribution in [0.25, 0.3) is 0 Å². The second kappa shape index (κ2) is 23.4. The maximum absolute atomic E-state index is 12.5. The molecule has 0 aliphatic carbocycles. The minimum atomic E-state index is -2.97. The molecule has 0 aliphatic heterocycles. The van der Waals surface area contributed by atoms with E-state index in [1.165, 1.54) is 46.4 Å². The third kappa shape index (κ3) is 13.0. The molecule has 4 rings (SSSR count). The van der Waals surface area contributed by atoms with Crippen LogP contribution >= 0.6 is 0 Å². The van der Waals surface area contributed by atoms with Crippen LogP contribution in [0.5, 0.6) is 0 Å². The van der Waals surface area contributed by atoms with Crippen molar-refractivity contribution in [1.29, 1.82) is 0 Å². The molecule has 0 aromatic heterocycles. The highest BCUT2D eigenvalue weighted by molar-refractivity contribution is 7.00. The van der Waals surface area contributed by atoms with Crippen LogP contribution in [0.1, 0.15) is 126 Å². The highest BCUT2D eigenvalue weighted by Crippen LogP contribution is 2.40. The number of carbonyl (C=O) groups is 1. The van der Waals surface area contributed by atoms with Gasteiger partial charge in [-0.05, 0) is 57.0 Å². The Kier molecular flexibility index (Phi) is 19.1. The molecule has 0 unspecified atom stereocenters. The molecule has 5 nitrogen and oxygen atoms in total. The average molecular weight is 835 g/mol. The van der Waals surface area contributed by atoms with Gasteiger partial charge in [-0.15, -0.1) is 0 Å². The topological polar surface area (TPSA) is 65.0 Å². The summed E-state index contributed by atoms with van der Waals surface area (Å²) < 4.78 is 20.6. The molecular weight excluding hydrogens is 761 g/mol. The normalized spacial score (nSPS) is 14.3. The average Bonchev–Trinajstić information content (AvgIpc) is 3.23. The van der Waals surface area contributed by atoms with E-state index in [-0.39, 0.29) is 22.1 Å². The van der Waals surface area contributed by atoms with E-state index in [0.717, 1.165) is 25.7 Å². The Morgan fingerprint density at radius 1 is 0.559 bits per heavy atom. The molecule has 0 aliphatic rings. The third-order valence-electron chi connectivity index (χ3n) is 11.7. The molecule has 320 valence electrons. The first-order valence-corrected chi connectivity index (χ1v) is 26.2. The number of aliphatic hydroxyl groups is 1. The van der Waals surface area contributed by atoms with Gasteiger partial charge in [-0.1, -0.05) is 227 Å². The van der Waals surface area contributed by atoms with E-state index in [4.69, 9.17) is 13.6 Å². The standard InChI is InChI=1S/C52H74O5Si2/c1-9-11-12-13-14-27-39-49(57-59(52(6,7)8,46-35-23-17-24-36-46)47-37-25-18-26-38-47)48(53)42-41-43(30-28-29-40-50(54)55-10-2)56-58(51(3,4)5,44-31-19-15-20-32-44)45-33-21-16-22-34-45/h15-26,31-38,41-43,48-49,53H,9-14,27-30,39-40H2,1-8H3/b42-41+/t43-,48+,49-/m0/s1. The van der Waals surface area contributed by atoms with Gasteiger partial charge in [-0.2, -0.15) is 0 Å². The second-order valence-electron chi connectivity index (χ2n) is 18.1. The largest absolute Gasteiger partial charge is 0.466 e. The van der Waals surface area contributed by atoms with Crippen molar-refractivity contribution in [2.75, 3.05) is 6.61 Å². The summed E-state index contributed by atoms with van der Waals surface area (Å²) in [7, 11) is -5.91. The van der Waals surface area contributed by atoms with E-state index < -0.39 is 28.8 Å². The number of rotatable bonds is 24. The molecule has 1 N–H and O–H groups in total.